The van der Waals surface area contributed by atoms with Gasteiger partial charge in [-0.05, 0) is 12.1 Å². The van der Waals surface area contributed by atoms with Gasteiger partial charge in [0, 0.05) is 0 Å². The van der Waals surface area contributed by atoms with E-state index in [1.54, 1.807) is 0 Å². The third kappa shape index (κ3) is 2.23. The van der Waals surface area contributed by atoms with Crippen LogP contribution in [-0.4, -0.2) is 13.3 Å². The van der Waals surface area contributed by atoms with E-state index < -0.39 is 23.1 Å². The quantitative estimate of drug-likeness (QED) is 0.370. The number of nitrogens with zero attached hydrogens (tertiary/aromatic N) is 1. The average molecular weight is 236 g/mol. The van der Waals surface area contributed by atoms with Gasteiger partial charge >= 0.3 is 6.18 Å². The van der Waals surface area contributed by atoms with E-state index in [1.165, 1.54) is 7.11 Å². The maximum absolute atomic E-state index is 13.1. The third-order valence-corrected chi connectivity index (χ3v) is 1.86. The number of hydrazone groups is 1. The lowest BCUT2D eigenvalue weighted by Crippen LogP contribution is -2.13. The number of alkyl halides is 3. The third-order valence-electron chi connectivity index (χ3n) is 1.86. The van der Waals surface area contributed by atoms with Gasteiger partial charge in [0.2, 0.25) is 0 Å². The molecule has 7 heteroatoms. The van der Waals surface area contributed by atoms with E-state index in [0.717, 1.165) is 6.07 Å². The second-order valence-electron chi connectivity index (χ2n) is 2.81. The molecule has 0 unspecified atom stereocenters. The van der Waals surface area contributed by atoms with E-state index in [4.69, 9.17) is 5.84 Å². The Bertz CT molecular complexity index is 415. The molecule has 0 fully saturated rings. The van der Waals surface area contributed by atoms with Gasteiger partial charge in [-0.2, -0.15) is 18.3 Å². The van der Waals surface area contributed by atoms with Crippen LogP contribution in [0.3, 0.4) is 0 Å². The second kappa shape index (κ2) is 4.38. The van der Waals surface area contributed by atoms with Crippen molar-refractivity contribution in [2.45, 2.75) is 6.18 Å². The molecule has 16 heavy (non-hydrogen) atoms. The van der Waals surface area contributed by atoms with Gasteiger partial charge in [0.15, 0.2) is 0 Å². The first-order valence-electron chi connectivity index (χ1n) is 4.08. The summed E-state index contributed by atoms with van der Waals surface area (Å²) in [4.78, 5) is 0. The highest BCUT2D eigenvalue weighted by molar-refractivity contribution is 5.85. The molecule has 3 nitrogen and oxygen atoms in total. The molecule has 88 valence electrons. The predicted molar refractivity (Wildman–Crippen MR) is 49.7 cm³/mol. The highest BCUT2D eigenvalue weighted by atomic mass is 19.4. The lowest BCUT2D eigenvalue weighted by molar-refractivity contribution is -0.140. The Morgan fingerprint density at radius 1 is 1.38 bits per heavy atom. The molecule has 0 radical (unpaired) electrons. The largest absolute Gasteiger partial charge is 0.496 e. The van der Waals surface area contributed by atoms with Gasteiger partial charge in [-0.1, -0.05) is 0 Å². The molecule has 0 aliphatic rings. The minimum Gasteiger partial charge on any atom is -0.496 e. The van der Waals surface area contributed by atoms with Crippen LogP contribution in [0.4, 0.5) is 17.6 Å². The van der Waals surface area contributed by atoms with Crippen LogP contribution in [0, 0.1) is 5.82 Å². The summed E-state index contributed by atoms with van der Waals surface area (Å²) >= 11 is 0. The van der Waals surface area contributed by atoms with Crippen molar-refractivity contribution in [3.8, 4) is 5.75 Å². The Morgan fingerprint density at radius 3 is 2.44 bits per heavy atom. The summed E-state index contributed by atoms with van der Waals surface area (Å²) in [6, 6.07) is 1.75. The lowest BCUT2D eigenvalue weighted by atomic mass is 10.1. The molecule has 0 atom stereocenters. The lowest BCUT2D eigenvalue weighted by Gasteiger charge is -2.13. The molecule has 2 N–H and O–H groups in total. The first-order chi connectivity index (χ1) is 7.41. The van der Waals surface area contributed by atoms with Crippen LogP contribution in [0.2, 0.25) is 0 Å². The van der Waals surface area contributed by atoms with Gasteiger partial charge in [0.1, 0.15) is 17.1 Å². The molecular formula is C9H8F4N2O. The summed E-state index contributed by atoms with van der Waals surface area (Å²) in [5.41, 5.74) is -1.97. The molecule has 0 aliphatic heterocycles. The van der Waals surface area contributed by atoms with Crippen molar-refractivity contribution in [1.29, 1.82) is 0 Å². The Kier molecular flexibility index (Phi) is 3.36. The van der Waals surface area contributed by atoms with Crippen LogP contribution in [0.15, 0.2) is 17.2 Å². The van der Waals surface area contributed by atoms with Crippen molar-refractivity contribution in [2.24, 2.45) is 10.9 Å². The molecule has 1 aromatic rings. The molecule has 0 saturated heterocycles. The zero-order valence-corrected chi connectivity index (χ0v) is 8.18. The van der Waals surface area contributed by atoms with E-state index in [1.807, 2.05) is 0 Å². The average Bonchev–Trinajstić information content (AvgIpc) is 2.16. The second-order valence-corrected chi connectivity index (χ2v) is 2.81. The number of halogens is 4. The van der Waals surface area contributed by atoms with Crippen molar-refractivity contribution in [3.05, 3.63) is 29.1 Å². The van der Waals surface area contributed by atoms with Gasteiger partial charge in [-0.15, -0.1) is 0 Å². The van der Waals surface area contributed by atoms with Crippen molar-refractivity contribution in [1.82, 2.24) is 0 Å². The standard InChI is InChI=1S/C9H8F4N2O/c1-16-7-3-2-6(10)8(9(11,12)13)5(7)4-15-14/h2-4H,14H2,1H3. The minimum atomic E-state index is -4.84. The van der Waals surface area contributed by atoms with E-state index in [2.05, 4.69) is 9.84 Å². The fourth-order valence-electron chi connectivity index (χ4n) is 1.24. The van der Waals surface area contributed by atoms with E-state index in [0.29, 0.717) is 12.3 Å². The smallest absolute Gasteiger partial charge is 0.419 e. The molecule has 0 aromatic heterocycles. The summed E-state index contributed by atoms with van der Waals surface area (Å²) in [5.74, 6) is 3.22. The van der Waals surface area contributed by atoms with E-state index >= 15 is 0 Å². The van der Waals surface area contributed by atoms with Crippen LogP contribution in [0.25, 0.3) is 0 Å². The van der Waals surface area contributed by atoms with E-state index in [9.17, 15) is 17.6 Å². The molecule has 1 rings (SSSR count). The summed E-state index contributed by atoms with van der Waals surface area (Å²) < 4.78 is 55.4. The van der Waals surface area contributed by atoms with E-state index in [-0.39, 0.29) is 5.75 Å². The Balaban J connectivity index is 3.54. The molecule has 0 amide bonds. The van der Waals surface area contributed by atoms with Crippen LogP contribution in [0.1, 0.15) is 11.1 Å². The van der Waals surface area contributed by atoms with Crippen molar-refractivity contribution in [3.63, 3.8) is 0 Å². The number of rotatable bonds is 2. The molecule has 0 saturated carbocycles. The van der Waals surface area contributed by atoms with Gasteiger partial charge in [0.05, 0.1) is 18.9 Å². The number of benzene rings is 1. The highest BCUT2D eigenvalue weighted by Crippen LogP contribution is 2.37. The minimum absolute atomic E-state index is 0.150. The Morgan fingerprint density at radius 2 is 2.00 bits per heavy atom. The number of ether oxygens (including phenoxy) is 1. The van der Waals surface area contributed by atoms with Gasteiger partial charge in [-0.25, -0.2) is 4.39 Å². The van der Waals surface area contributed by atoms with Gasteiger partial charge in [0.25, 0.3) is 0 Å². The first kappa shape index (κ1) is 12.3. The molecule has 0 spiro atoms. The van der Waals surface area contributed by atoms with Crippen molar-refractivity contribution < 1.29 is 22.3 Å². The fraction of sp³-hybridized carbons (Fsp3) is 0.222. The maximum Gasteiger partial charge on any atom is 0.419 e. The number of hydrogen-bond acceptors (Lipinski definition) is 3. The monoisotopic (exact) mass is 236 g/mol. The Hall–Kier alpha value is -1.79. The maximum atomic E-state index is 13.1. The molecular weight excluding hydrogens is 228 g/mol. The summed E-state index contributed by atoms with van der Waals surface area (Å²) in [6.07, 6.45) is -4.14. The number of methoxy groups -OCH3 is 1. The SMILES string of the molecule is COc1ccc(F)c(C(F)(F)F)c1C=NN. The van der Waals surface area contributed by atoms with Crippen LogP contribution in [0.5, 0.6) is 5.75 Å². The predicted octanol–water partition coefficient (Wildman–Crippen LogP) is 2.15. The summed E-state index contributed by atoms with van der Waals surface area (Å²) in [5, 5.41) is 2.96. The summed E-state index contributed by atoms with van der Waals surface area (Å²) in [7, 11) is 1.17. The zero-order chi connectivity index (χ0) is 12.3. The van der Waals surface area contributed by atoms with Crippen LogP contribution < -0.4 is 10.6 Å². The molecule has 0 heterocycles. The zero-order valence-electron chi connectivity index (χ0n) is 8.18. The van der Waals surface area contributed by atoms with Crippen LogP contribution in [-0.2, 0) is 6.18 Å². The molecule has 0 aliphatic carbocycles. The normalized spacial score (nSPS) is 12.1. The van der Waals surface area contributed by atoms with Crippen molar-refractivity contribution in [2.75, 3.05) is 7.11 Å². The first-order valence-corrected chi connectivity index (χ1v) is 4.08. The fourth-order valence-corrected chi connectivity index (χ4v) is 1.24. The topological polar surface area (TPSA) is 47.6 Å². The van der Waals surface area contributed by atoms with Crippen LogP contribution >= 0.6 is 0 Å². The van der Waals surface area contributed by atoms with Crippen molar-refractivity contribution >= 4 is 6.21 Å². The highest BCUT2D eigenvalue weighted by Gasteiger charge is 2.37. The molecule has 1 aromatic carbocycles. The van der Waals surface area contributed by atoms with Gasteiger partial charge < -0.3 is 10.6 Å². The number of nitrogens with two attached hydrogens (primary N) is 1. The van der Waals surface area contributed by atoms with Gasteiger partial charge in [-0.3, -0.25) is 0 Å². The molecule has 0 bridgehead atoms. The number of hydrogen-bond donors (Lipinski definition) is 1. The summed E-state index contributed by atoms with van der Waals surface area (Å²) in [6.45, 7) is 0. The Labute approximate surface area is 88.5 Å².